The number of rotatable bonds is 7. The number of benzene rings is 2. The average molecular weight is 457 g/mol. The van der Waals surface area contributed by atoms with Gasteiger partial charge >= 0.3 is 6.18 Å². The summed E-state index contributed by atoms with van der Waals surface area (Å²) < 4.78 is 70.0. The van der Waals surface area contributed by atoms with E-state index < -0.39 is 22.0 Å². The number of pyridine rings is 1. The zero-order chi connectivity index (χ0) is 21.8. The fourth-order valence-corrected chi connectivity index (χ4v) is 4.16. The largest absolute Gasteiger partial charge is 0.456 e. The first-order valence-electron chi connectivity index (χ1n) is 8.63. The van der Waals surface area contributed by atoms with Gasteiger partial charge in [0.05, 0.1) is 22.9 Å². The van der Waals surface area contributed by atoms with Crippen LogP contribution in [0.5, 0.6) is 11.5 Å². The summed E-state index contributed by atoms with van der Waals surface area (Å²) in [4.78, 5) is 4.00. The van der Waals surface area contributed by atoms with Crippen molar-refractivity contribution in [2.75, 3.05) is 10.1 Å². The van der Waals surface area contributed by atoms with Crippen LogP contribution in [0.4, 0.5) is 18.9 Å². The summed E-state index contributed by atoms with van der Waals surface area (Å²) in [6, 6.07) is 17.5. The van der Waals surface area contributed by atoms with Gasteiger partial charge in [-0.2, -0.15) is 13.2 Å². The van der Waals surface area contributed by atoms with Gasteiger partial charge in [-0.05, 0) is 42.5 Å². The number of sulfonamides is 1. The minimum atomic E-state index is -4.90. The van der Waals surface area contributed by atoms with Crippen molar-refractivity contribution >= 4 is 27.3 Å². The zero-order valence-electron chi connectivity index (χ0n) is 15.4. The molecule has 0 unspecified atom stereocenters. The fourth-order valence-electron chi connectivity index (χ4n) is 2.62. The highest BCUT2D eigenvalue weighted by atomic mass is 35.5. The van der Waals surface area contributed by atoms with Gasteiger partial charge in [0.2, 0.25) is 10.0 Å². The van der Waals surface area contributed by atoms with E-state index in [-0.39, 0.29) is 28.7 Å². The minimum Gasteiger partial charge on any atom is -0.456 e. The molecule has 0 saturated heterocycles. The smallest absolute Gasteiger partial charge is 0.404 e. The maximum atomic E-state index is 12.9. The van der Waals surface area contributed by atoms with Crippen molar-refractivity contribution in [1.82, 2.24) is 4.98 Å². The van der Waals surface area contributed by atoms with Gasteiger partial charge in [0.15, 0.2) is 5.75 Å². The summed E-state index contributed by atoms with van der Waals surface area (Å²) >= 11 is 6.23. The van der Waals surface area contributed by atoms with E-state index in [1.165, 1.54) is 30.5 Å². The number of hydrogen-bond acceptors (Lipinski definition) is 4. The number of nitrogens with zero attached hydrogens (tertiary/aromatic N) is 2. The van der Waals surface area contributed by atoms with Crippen molar-refractivity contribution in [1.29, 1.82) is 0 Å². The molecule has 0 saturated carbocycles. The van der Waals surface area contributed by atoms with Crippen molar-refractivity contribution in [3.05, 3.63) is 83.6 Å². The van der Waals surface area contributed by atoms with Gasteiger partial charge in [-0.25, -0.2) is 8.42 Å². The first kappa shape index (κ1) is 21.9. The molecule has 0 spiro atoms. The van der Waals surface area contributed by atoms with Crippen LogP contribution in [0, 0.1) is 0 Å². The highest BCUT2D eigenvalue weighted by molar-refractivity contribution is 7.92. The summed E-state index contributed by atoms with van der Waals surface area (Å²) in [6.45, 7) is -0.380. The number of aromatic nitrogens is 1. The monoisotopic (exact) mass is 456 g/mol. The molecule has 3 aromatic rings. The van der Waals surface area contributed by atoms with E-state index in [2.05, 4.69) is 4.98 Å². The molecule has 0 aliphatic carbocycles. The van der Waals surface area contributed by atoms with Gasteiger partial charge < -0.3 is 4.74 Å². The predicted molar refractivity (Wildman–Crippen MR) is 108 cm³/mol. The molecule has 0 fully saturated rings. The molecule has 0 amide bonds. The molecule has 0 aliphatic heterocycles. The number of anilines is 1. The van der Waals surface area contributed by atoms with E-state index in [4.69, 9.17) is 16.3 Å². The van der Waals surface area contributed by atoms with Crippen molar-refractivity contribution in [2.24, 2.45) is 0 Å². The van der Waals surface area contributed by atoms with Crippen molar-refractivity contribution in [3.8, 4) is 11.5 Å². The Morgan fingerprint density at radius 3 is 2.30 bits per heavy atom. The molecule has 1 heterocycles. The van der Waals surface area contributed by atoms with Crippen LogP contribution < -0.4 is 9.04 Å². The Hall–Kier alpha value is -2.78. The van der Waals surface area contributed by atoms with Crippen LogP contribution >= 0.6 is 11.6 Å². The number of halogens is 4. The van der Waals surface area contributed by atoms with Crippen molar-refractivity contribution in [3.63, 3.8) is 0 Å². The van der Waals surface area contributed by atoms with E-state index in [0.717, 1.165) is 0 Å². The molecule has 3 rings (SSSR count). The van der Waals surface area contributed by atoms with Crippen LogP contribution in [0.2, 0.25) is 5.02 Å². The molecule has 158 valence electrons. The highest BCUT2D eigenvalue weighted by Crippen LogP contribution is 2.35. The summed E-state index contributed by atoms with van der Waals surface area (Å²) in [5, 5.41) is 0.0459. The number of ether oxygens (including phenoxy) is 1. The summed E-state index contributed by atoms with van der Waals surface area (Å²) in [7, 11) is -4.75. The van der Waals surface area contributed by atoms with Crippen molar-refractivity contribution in [2.45, 2.75) is 12.7 Å². The lowest BCUT2D eigenvalue weighted by Crippen LogP contribution is -2.37. The summed E-state index contributed by atoms with van der Waals surface area (Å²) in [5.74, 6) is -1.27. The van der Waals surface area contributed by atoms with Crippen LogP contribution in [-0.4, -0.2) is 25.3 Å². The van der Waals surface area contributed by atoms with Crippen molar-refractivity contribution < 1.29 is 26.3 Å². The molecule has 0 radical (unpaired) electrons. The topological polar surface area (TPSA) is 59.5 Å². The maximum absolute atomic E-state index is 12.9. The van der Waals surface area contributed by atoms with E-state index in [0.29, 0.717) is 10.1 Å². The molecule has 0 N–H and O–H groups in total. The molecular formula is C20H16ClF3N2O3S. The third-order valence-electron chi connectivity index (χ3n) is 3.89. The van der Waals surface area contributed by atoms with E-state index >= 15 is 0 Å². The first-order valence-corrected chi connectivity index (χ1v) is 10.6. The molecule has 0 atom stereocenters. The van der Waals surface area contributed by atoms with E-state index in [1.54, 1.807) is 42.5 Å². The van der Waals surface area contributed by atoms with Gasteiger partial charge in [-0.15, -0.1) is 0 Å². The predicted octanol–water partition coefficient (Wildman–Crippen LogP) is 5.43. The van der Waals surface area contributed by atoms with Gasteiger partial charge in [-0.1, -0.05) is 35.9 Å². The second kappa shape index (κ2) is 8.93. The zero-order valence-corrected chi connectivity index (χ0v) is 17.0. The lowest BCUT2D eigenvalue weighted by molar-refractivity contribution is -0.106. The van der Waals surface area contributed by atoms with Gasteiger partial charge in [0.25, 0.3) is 0 Å². The molecule has 1 aromatic heterocycles. The molecule has 10 heteroatoms. The SMILES string of the molecule is O=S(=O)(CC(F)(F)F)N(Cc1ccccn1)c1ccc(Oc2ccccc2)c(Cl)c1. The second-order valence-electron chi connectivity index (χ2n) is 6.23. The molecule has 2 aromatic carbocycles. The van der Waals surface area contributed by atoms with Crippen LogP contribution in [0.15, 0.2) is 72.9 Å². The average Bonchev–Trinajstić information content (AvgIpc) is 2.67. The molecule has 30 heavy (non-hydrogen) atoms. The third kappa shape index (κ3) is 5.87. The van der Waals surface area contributed by atoms with E-state index in [9.17, 15) is 21.6 Å². The minimum absolute atomic E-state index is 0.0321. The standard InChI is InChI=1S/C20H16ClF3N2O3S/c21-18-12-16(9-10-19(18)29-17-7-2-1-3-8-17)26(13-15-6-4-5-11-25-15)30(27,28)14-20(22,23)24/h1-12H,13-14H2. The Balaban J connectivity index is 1.95. The molecule has 5 nitrogen and oxygen atoms in total. The fraction of sp³-hybridized carbons (Fsp3) is 0.150. The number of para-hydroxylation sites is 1. The second-order valence-corrected chi connectivity index (χ2v) is 8.53. The van der Waals surface area contributed by atoms with Gasteiger partial charge in [-0.3, -0.25) is 9.29 Å². The molecular weight excluding hydrogens is 441 g/mol. The van der Waals surface area contributed by atoms with Crippen LogP contribution in [-0.2, 0) is 16.6 Å². The Morgan fingerprint density at radius 2 is 1.70 bits per heavy atom. The maximum Gasteiger partial charge on any atom is 0.404 e. The lowest BCUT2D eigenvalue weighted by atomic mass is 10.2. The van der Waals surface area contributed by atoms with Crippen LogP contribution in [0.1, 0.15) is 5.69 Å². The van der Waals surface area contributed by atoms with Crippen LogP contribution in [0.3, 0.4) is 0 Å². The lowest BCUT2D eigenvalue weighted by Gasteiger charge is -2.25. The Kier molecular flexibility index (Phi) is 6.52. The van der Waals surface area contributed by atoms with E-state index in [1.807, 2.05) is 0 Å². The number of hydrogen-bond donors (Lipinski definition) is 0. The summed E-state index contributed by atoms with van der Waals surface area (Å²) in [5.41, 5.74) is 0.249. The Labute approximate surface area is 176 Å². The quantitative estimate of drug-likeness (QED) is 0.476. The normalized spacial score (nSPS) is 11.9. The van der Waals surface area contributed by atoms with Crippen LogP contribution in [0.25, 0.3) is 0 Å². The van der Waals surface area contributed by atoms with Gasteiger partial charge in [0.1, 0.15) is 11.5 Å². The highest BCUT2D eigenvalue weighted by Gasteiger charge is 2.39. The van der Waals surface area contributed by atoms with Gasteiger partial charge in [0, 0.05) is 6.20 Å². The Morgan fingerprint density at radius 1 is 1.00 bits per heavy atom. The molecule has 0 aliphatic rings. The Bertz CT molecular complexity index is 1100. The first-order chi connectivity index (χ1) is 14.1. The summed E-state index contributed by atoms with van der Waals surface area (Å²) in [6.07, 6.45) is -3.48. The molecule has 0 bridgehead atoms. The number of alkyl halides is 3. The third-order valence-corrected chi connectivity index (χ3v) is 5.89.